The zero-order valence-corrected chi connectivity index (χ0v) is 19.1. The Morgan fingerprint density at radius 3 is 1.90 bits per heavy atom. The molecule has 1 N–H and O–H groups in total. The highest BCUT2D eigenvalue weighted by molar-refractivity contribution is 7.91. The maximum Gasteiger partial charge on any atom is 0.242 e. The van der Waals surface area contributed by atoms with Gasteiger partial charge >= 0.3 is 0 Å². The van der Waals surface area contributed by atoms with Crippen LogP contribution in [0.25, 0.3) is 0 Å². The van der Waals surface area contributed by atoms with Gasteiger partial charge in [-0.25, -0.2) is 13.4 Å². The molecule has 0 aliphatic carbocycles. The molecule has 31 heavy (non-hydrogen) atoms. The average molecular weight is 437 g/mol. The van der Waals surface area contributed by atoms with Crippen LogP contribution in [-0.2, 0) is 29.2 Å². The van der Waals surface area contributed by atoms with Crippen LogP contribution in [0, 0.1) is 0 Å². The van der Waals surface area contributed by atoms with E-state index in [4.69, 9.17) is 0 Å². The van der Waals surface area contributed by atoms with E-state index in [9.17, 15) is 13.5 Å². The van der Waals surface area contributed by atoms with E-state index in [0.717, 1.165) is 11.1 Å². The third kappa shape index (κ3) is 6.09. The number of rotatable bonds is 10. The molecule has 0 radical (unpaired) electrons. The van der Waals surface area contributed by atoms with Crippen molar-refractivity contribution in [2.75, 3.05) is 0 Å². The topological polar surface area (TPSA) is 75.4 Å². The van der Waals surface area contributed by atoms with Crippen molar-refractivity contribution in [3.05, 3.63) is 84.3 Å². The Labute approximate surface area is 186 Å². The van der Waals surface area contributed by atoms with Crippen LogP contribution in [0.3, 0.4) is 0 Å². The van der Waals surface area contributed by atoms with Gasteiger partial charge in [0.25, 0.3) is 0 Å². The Hall–Kier alpha value is -2.35. The van der Waals surface area contributed by atoms with E-state index in [-0.39, 0.29) is 18.7 Å². The summed E-state index contributed by atoms with van der Waals surface area (Å²) in [4.78, 5) is 4.16. The second-order valence-corrected chi connectivity index (χ2v) is 9.96. The zero-order chi connectivity index (χ0) is 22.4. The summed E-state index contributed by atoms with van der Waals surface area (Å²) in [6.45, 7) is 5.32. The molecule has 9 heteroatoms. The fraction of sp³-hybridized carbons (Fsp3) is 0.318. The van der Waals surface area contributed by atoms with Crippen molar-refractivity contribution in [1.29, 1.82) is 0 Å². The molecule has 0 bridgehead atoms. The quantitative estimate of drug-likeness (QED) is 0.495. The van der Waals surface area contributed by atoms with Crippen LogP contribution in [0.15, 0.2) is 78.2 Å². The van der Waals surface area contributed by atoms with Crippen LogP contribution >= 0.6 is 0 Å². The Kier molecular flexibility index (Phi) is 7.75. The molecule has 3 rings (SSSR count). The van der Waals surface area contributed by atoms with Crippen molar-refractivity contribution < 1.29 is 13.5 Å². The molecule has 0 aliphatic heterocycles. The highest BCUT2D eigenvalue weighted by atomic mass is 32.2. The molecular formula is C22H29B2N3O3S. The van der Waals surface area contributed by atoms with Crippen LogP contribution in [0.2, 0.25) is 13.6 Å². The maximum absolute atomic E-state index is 13.7. The number of aliphatic hydroxyl groups is 1. The van der Waals surface area contributed by atoms with Crippen molar-refractivity contribution in [2.24, 2.45) is 0 Å². The lowest BCUT2D eigenvalue weighted by atomic mass is 9.48. The molecule has 0 spiro atoms. The molecular weight excluding hydrogens is 408 g/mol. The number of nitrogens with zero attached hydrogens (tertiary/aromatic N) is 3. The fourth-order valence-electron chi connectivity index (χ4n) is 3.98. The van der Waals surface area contributed by atoms with Crippen molar-refractivity contribution in [1.82, 2.24) is 13.7 Å². The van der Waals surface area contributed by atoms with E-state index in [0.29, 0.717) is 19.2 Å². The van der Waals surface area contributed by atoms with Gasteiger partial charge in [-0.1, -0.05) is 85.4 Å². The predicted octanol–water partition coefficient (Wildman–Crippen LogP) is 3.06. The first-order valence-corrected chi connectivity index (χ1v) is 12.0. The summed E-state index contributed by atoms with van der Waals surface area (Å²) >= 11 is 0. The number of benzene rings is 2. The molecule has 1 unspecified atom stereocenters. The highest BCUT2D eigenvalue weighted by Crippen LogP contribution is 2.21. The average Bonchev–Trinajstić information content (AvgIpc) is 3.18. The molecule has 1 aromatic heterocycles. The lowest BCUT2D eigenvalue weighted by molar-refractivity contribution is 0.173. The fourth-order valence-corrected chi connectivity index (χ4v) is 5.75. The lowest BCUT2D eigenvalue weighted by Crippen LogP contribution is -2.52. The number of hydrogen-bond acceptors (Lipinski definition) is 4. The van der Waals surface area contributed by atoms with Crippen molar-refractivity contribution in [3.8, 4) is 0 Å². The molecule has 3 aromatic rings. The number of aliphatic hydroxyl groups excluding tert-OH is 1. The third-order valence-electron chi connectivity index (χ3n) is 5.24. The molecule has 1 heterocycles. The minimum atomic E-state index is -3.83. The number of sulfonamides is 1. The van der Waals surface area contributed by atoms with E-state index in [1.807, 2.05) is 74.3 Å². The Balaban J connectivity index is 1.92. The van der Waals surface area contributed by atoms with Crippen molar-refractivity contribution in [2.45, 2.75) is 50.9 Å². The molecule has 0 saturated heterocycles. The number of aromatic nitrogens is 2. The van der Waals surface area contributed by atoms with Gasteiger partial charge in [0, 0.05) is 12.7 Å². The van der Waals surface area contributed by atoms with E-state index < -0.39 is 16.1 Å². The summed E-state index contributed by atoms with van der Waals surface area (Å²) in [7, 11) is -3.83. The normalized spacial score (nSPS) is 12.7. The maximum atomic E-state index is 13.7. The van der Waals surface area contributed by atoms with E-state index in [1.54, 1.807) is 15.6 Å². The van der Waals surface area contributed by atoms with Gasteiger partial charge in [-0.15, -0.1) is 0 Å². The molecule has 1 atom stereocenters. The van der Waals surface area contributed by atoms with E-state index >= 15 is 0 Å². The summed E-state index contributed by atoms with van der Waals surface area (Å²) in [6, 6.07) is 19.8. The molecule has 0 aliphatic rings. The monoisotopic (exact) mass is 437 g/mol. The zero-order valence-electron chi connectivity index (χ0n) is 18.3. The molecule has 0 fully saturated rings. The Bertz CT molecular complexity index is 1010. The van der Waals surface area contributed by atoms with Gasteiger partial charge in [0.15, 0.2) is 5.03 Å². The molecule has 6 nitrogen and oxygen atoms in total. The first kappa shape index (κ1) is 23.3. The van der Waals surface area contributed by atoms with E-state index in [2.05, 4.69) is 4.98 Å². The number of hydrogen-bond donors (Lipinski definition) is 1. The largest absolute Gasteiger partial charge is 0.392 e. The summed E-state index contributed by atoms with van der Waals surface area (Å²) in [5.74, 6) is 0. The first-order valence-electron chi connectivity index (χ1n) is 10.6. The SMILES string of the molecule is CB(Cc1ccccc1)N(B(C)Cc1ccccc1)S(=O)(=O)c1cn(CC(C)O)cn1. The van der Waals surface area contributed by atoms with Crippen LogP contribution in [0.5, 0.6) is 0 Å². The van der Waals surface area contributed by atoms with Gasteiger partial charge in [0.1, 0.15) is 0 Å². The molecule has 0 saturated carbocycles. The highest BCUT2D eigenvalue weighted by Gasteiger charge is 2.38. The second kappa shape index (κ2) is 10.3. The lowest BCUT2D eigenvalue weighted by Gasteiger charge is -2.30. The van der Waals surface area contributed by atoms with Gasteiger partial charge in [0.2, 0.25) is 23.7 Å². The number of imidazole rings is 1. The smallest absolute Gasteiger partial charge is 0.242 e. The summed E-state index contributed by atoms with van der Waals surface area (Å²) in [6.07, 6.45) is 3.58. The van der Waals surface area contributed by atoms with Gasteiger partial charge in [-0.2, -0.15) is 0 Å². The van der Waals surface area contributed by atoms with Crippen LogP contribution in [0.4, 0.5) is 0 Å². The minimum Gasteiger partial charge on any atom is -0.392 e. The van der Waals surface area contributed by atoms with Crippen LogP contribution in [-0.4, -0.2) is 47.0 Å². The standard InChI is InChI=1S/C22H29B2N3O3S/c1-19(28)16-26-17-22(25-18-26)31(29,30)27(23(2)14-20-10-6-4-7-11-20)24(3)15-21-12-8-5-9-13-21/h4-13,17-19,28H,14-16H2,1-3H3. The predicted molar refractivity (Wildman–Crippen MR) is 126 cm³/mol. The Morgan fingerprint density at radius 2 is 1.45 bits per heavy atom. The molecule has 2 aromatic carbocycles. The first-order chi connectivity index (χ1) is 14.8. The third-order valence-corrected chi connectivity index (χ3v) is 7.26. The van der Waals surface area contributed by atoms with Crippen molar-refractivity contribution >= 4 is 23.7 Å². The summed E-state index contributed by atoms with van der Waals surface area (Å²) in [5, 5.41) is 9.63. The summed E-state index contributed by atoms with van der Waals surface area (Å²) < 4.78 is 30.6. The van der Waals surface area contributed by atoms with Crippen LogP contribution < -0.4 is 0 Å². The van der Waals surface area contributed by atoms with Gasteiger partial charge < -0.3 is 9.67 Å². The Morgan fingerprint density at radius 1 is 0.968 bits per heavy atom. The minimum absolute atomic E-state index is 0.00738. The van der Waals surface area contributed by atoms with Gasteiger partial charge in [-0.05, 0) is 19.6 Å². The summed E-state index contributed by atoms with van der Waals surface area (Å²) in [5.41, 5.74) is 2.17. The van der Waals surface area contributed by atoms with Crippen molar-refractivity contribution in [3.63, 3.8) is 0 Å². The van der Waals surface area contributed by atoms with E-state index in [1.165, 1.54) is 12.5 Å². The van der Waals surface area contributed by atoms with Crippen LogP contribution in [0.1, 0.15) is 18.1 Å². The second-order valence-electron chi connectivity index (χ2n) is 8.17. The van der Waals surface area contributed by atoms with Gasteiger partial charge in [0.05, 0.1) is 12.4 Å². The molecule has 0 amide bonds. The molecule has 162 valence electrons. The van der Waals surface area contributed by atoms with Gasteiger partial charge in [-0.3, -0.25) is 4.13 Å².